The van der Waals surface area contributed by atoms with Gasteiger partial charge in [0.15, 0.2) is 22.8 Å². The third-order valence-corrected chi connectivity index (χ3v) is 10.1. The number of nitrogens with one attached hydrogen (secondary N) is 1. The van der Waals surface area contributed by atoms with Gasteiger partial charge in [-0.05, 0) is 79.8 Å². The lowest BCUT2D eigenvalue weighted by molar-refractivity contribution is -0.173. The number of aromatic hydroxyl groups is 1. The Labute approximate surface area is 213 Å². The molecule has 5 aliphatic rings. The van der Waals surface area contributed by atoms with Crippen LogP contribution in [0.15, 0.2) is 35.3 Å². The molecule has 2 aliphatic heterocycles. The van der Waals surface area contributed by atoms with Crippen molar-refractivity contribution in [1.82, 2.24) is 9.88 Å². The van der Waals surface area contributed by atoms with Gasteiger partial charge in [-0.3, -0.25) is 4.90 Å². The Morgan fingerprint density at radius 1 is 1.31 bits per heavy atom. The van der Waals surface area contributed by atoms with E-state index in [0.29, 0.717) is 17.3 Å². The molecule has 0 amide bonds. The number of phenols is 1. The number of aliphatic imine (C=N–C) groups is 1. The largest absolute Gasteiger partial charge is 0.504 e. The van der Waals surface area contributed by atoms with Crippen LogP contribution in [0.1, 0.15) is 47.8 Å². The van der Waals surface area contributed by atoms with Crippen molar-refractivity contribution in [2.45, 2.75) is 55.3 Å². The SMILES string of the molecule is CSC(N)=Nc1ccc2[nH]c3c(c2c1)C[C@@]1(O)[C@H]2Cc4ccc(O)c5c4[C@@]1(CCN2CC1CC1)[C@H]3O5. The number of ether oxygens (including phenoxy) is 1. The van der Waals surface area contributed by atoms with Gasteiger partial charge in [-0.15, -0.1) is 0 Å². The quantitative estimate of drug-likeness (QED) is 0.320. The fraction of sp³-hybridized carbons (Fsp3) is 0.464. The van der Waals surface area contributed by atoms with Gasteiger partial charge in [0.25, 0.3) is 0 Å². The Kier molecular flexibility index (Phi) is 4.16. The van der Waals surface area contributed by atoms with Crippen LogP contribution in [0.3, 0.4) is 0 Å². The number of likely N-dealkylation sites (tertiary alicyclic amines) is 1. The van der Waals surface area contributed by atoms with Crippen LogP contribution < -0.4 is 10.5 Å². The number of nitrogens with zero attached hydrogens (tertiary/aromatic N) is 2. The minimum Gasteiger partial charge on any atom is -0.504 e. The number of nitrogens with two attached hydrogens (primary N) is 1. The number of aliphatic hydroxyl groups is 1. The summed E-state index contributed by atoms with van der Waals surface area (Å²) in [7, 11) is 0. The molecule has 36 heavy (non-hydrogen) atoms. The van der Waals surface area contributed by atoms with Crippen LogP contribution in [-0.2, 0) is 18.3 Å². The first kappa shape index (κ1) is 21.4. The molecule has 2 fully saturated rings. The molecule has 1 spiro atoms. The third kappa shape index (κ3) is 2.55. The van der Waals surface area contributed by atoms with Crippen molar-refractivity contribution in [1.29, 1.82) is 0 Å². The topological polar surface area (TPSA) is 107 Å². The van der Waals surface area contributed by atoms with Crippen LogP contribution in [0.25, 0.3) is 10.9 Å². The minimum atomic E-state index is -0.990. The summed E-state index contributed by atoms with van der Waals surface area (Å²) in [6.07, 6.45) is 6.28. The summed E-state index contributed by atoms with van der Waals surface area (Å²) in [4.78, 5) is 10.8. The number of piperidine rings is 1. The zero-order valence-corrected chi connectivity index (χ0v) is 21.1. The molecule has 4 atom stereocenters. The van der Waals surface area contributed by atoms with Crippen LogP contribution in [0.4, 0.5) is 5.69 Å². The van der Waals surface area contributed by atoms with Gasteiger partial charge in [-0.2, -0.15) is 0 Å². The zero-order chi connectivity index (χ0) is 24.4. The van der Waals surface area contributed by atoms with E-state index in [1.54, 1.807) is 6.07 Å². The summed E-state index contributed by atoms with van der Waals surface area (Å²) >= 11 is 1.42. The summed E-state index contributed by atoms with van der Waals surface area (Å²) in [6, 6.07) is 9.92. The molecule has 3 heterocycles. The molecular formula is C28H30N4O3S. The van der Waals surface area contributed by atoms with E-state index in [-0.39, 0.29) is 17.9 Å². The monoisotopic (exact) mass is 502 g/mol. The summed E-state index contributed by atoms with van der Waals surface area (Å²) in [5.41, 5.74) is 10.6. The highest BCUT2D eigenvalue weighted by atomic mass is 32.2. The zero-order valence-electron chi connectivity index (χ0n) is 20.3. The van der Waals surface area contributed by atoms with Crippen molar-refractivity contribution in [3.8, 4) is 11.5 Å². The predicted octanol–water partition coefficient (Wildman–Crippen LogP) is 3.88. The maximum Gasteiger partial charge on any atom is 0.166 e. The highest BCUT2D eigenvalue weighted by Gasteiger charge is 2.72. The first-order valence-corrected chi connectivity index (χ1v) is 14.2. The Hall–Kier alpha value is -2.68. The maximum atomic E-state index is 12.9. The lowest BCUT2D eigenvalue weighted by Crippen LogP contribution is -2.74. The molecule has 7 nitrogen and oxygen atoms in total. The Morgan fingerprint density at radius 3 is 2.97 bits per heavy atom. The van der Waals surface area contributed by atoms with Gasteiger partial charge in [-0.25, -0.2) is 4.99 Å². The summed E-state index contributed by atoms with van der Waals surface area (Å²) in [6.45, 7) is 2.00. The Balaban J connectivity index is 1.36. The molecule has 1 aromatic heterocycles. The van der Waals surface area contributed by atoms with Gasteiger partial charge >= 0.3 is 0 Å². The molecule has 1 saturated heterocycles. The molecule has 3 aromatic rings. The lowest BCUT2D eigenvalue weighted by atomic mass is 9.49. The number of thioether (sulfide) groups is 1. The van der Waals surface area contributed by atoms with Gasteiger partial charge in [-0.1, -0.05) is 17.8 Å². The van der Waals surface area contributed by atoms with Crippen molar-refractivity contribution in [3.05, 3.63) is 52.7 Å². The molecule has 8 heteroatoms. The van der Waals surface area contributed by atoms with E-state index in [1.807, 2.05) is 18.4 Å². The maximum absolute atomic E-state index is 12.9. The average Bonchev–Trinajstić information content (AvgIpc) is 3.51. The summed E-state index contributed by atoms with van der Waals surface area (Å²) in [5.74, 6) is 1.49. The van der Waals surface area contributed by atoms with E-state index in [0.717, 1.165) is 65.3 Å². The second-order valence-electron chi connectivity index (χ2n) is 11.3. The number of benzene rings is 2. The minimum absolute atomic E-state index is 0.0207. The number of phenolic OH excluding ortho intramolecular Hbond substituents is 1. The number of hydrogen-bond donors (Lipinski definition) is 4. The average molecular weight is 503 g/mol. The number of fused-ring (bicyclic) bond motifs is 4. The van der Waals surface area contributed by atoms with E-state index in [9.17, 15) is 10.2 Å². The standard InChI is InChI=1S/C28H30N4O3S/c1-36-26(29)30-16-5-6-19-17(11-16)18-12-28(34)21-10-15-4-7-20(33)24-22(15)27(28,25(35-24)23(18)31-19)8-9-32(21)13-14-2-3-14/h4-7,11,14,21,25,31,33-34H,2-3,8-10,12-13H2,1H3,(H2,29,30)/t21-,25+,27+,28-/m1/s1. The highest BCUT2D eigenvalue weighted by Crippen LogP contribution is 2.69. The van der Waals surface area contributed by atoms with Crippen molar-refractivity contribution < 1.29 is 14.9 Å². The lowest BCUT2D eigenvalue weighted by Gasteiger charge is -2.62. The van der Waals surface area contributed by atoms with Crippen LogP contribution in [0.5, 0.6) is 11.5 Å². The van der Waals surface area contributed by atoms with Crippen molar-refractivity contribution in [2.24, 2.45) is 16.6 Å². The fourth-order valence-corrected chi connectivity index (χ4v) is 8.05. The molecule has 5 N–H and O–H groups in total. The van der Waals surface area contributed by atoms with Crippen LogP contribution >= 0.6 is 11.8 Å². The second kappa shape index (κ2) is 7.00. The molecule has 186 valence electrons. The molecule has 2 aromatic carbocycles. The van der Waals surface area contributed by atoms with Gasteiger partial charge < -0.3 is 25.7 Å². The smallest absolute Gasteiger partial charge is 0.166 e. The van der Waals surface area contributed by atoms with Crippen LogP contribution in [0.2, 0.25) is 0 Å². The number of aromatic amines is 1. The van der Waals surface area contributed by atoms with E-state index in [1.165, 1.54) is 30.2 Å². The van der Waals surface area contributed by atoms with E-state index in [4.69, 9.17) is 10.5 Å². The molecule has 0 unspecified atom stereocenters. The number of H-pyrrole nitrogens is 1. The van der Waals surface area contributed by atoms with E-state index < -0.39 is 11.0 Å². The highest BCUT2D eigenvalue weighted by molar-refractivity contribution is 8.13. The fourth-order valence-electron chi connectivity index (χ4n) is 7.85. The van der Waals surface area contributed by atoms with Crippen molar-refractivity contribution in [2.75, 3.05) is 19.3 Å². The van der Waals surface area contributed by atoms with Crippen LogP contribution in [-0.4, -0.2) is 56.3 Å². The van der Waals surface area contributed by atoms with Gasteiger partial charge in [0.2, 0.25) is 0 Å². The number of hydrogen-bond acceptors (Lipinski definition) is 6. The summed E-state index contributed by atoms with van der Waals surface area (Å²) < 4.78 is 6.66. The van der Waals surface area contributed by atoms with Gasteiger partial charge in [0, 0.05) is 35.5 Å². The first-order valence-electron chi connectivity index (χ1n) is 12.9. The molecule has 2 bridgehead atoms. The Bertz CT molecular complexity index is 1480. The van der Waals surface area contributed by atoms with E-state index >= 15 is 0 Å². The third-order valence-electron chi connectivity index (χ3n) is 9.59. The number of aromatic nitrogens is 1. The van der Waals surface area contributed by atoms with Crippen molar-refractivity contribution >= 4 is 33.5 Å². The van der Waals surface area contributed by atoms with Crippen LogP contribution in [0, 0.1) is 5.92 Å². The second-order valence-corrected chi connectivity index (χ2v) is 12.2. The normalized spacial score (nSPS) is 32.3. The molecule has 0 radical (unpaired) electrons. The molecule has 1 saturated carbocycles. The first-order chi connectivity index (χ1) is 17.4. The number of amidine groups is 1. The molecule has 8 rings (SSSR count). The van der Waals surface area contributed by atoms with Gasteiger partial charge in [0.1, 0.15) is 0 Å². The van der Waals surface area contributed by atoms with Crippen molar-refractivity contribution in [3.63, 3.8) is 0 Å². The Morgan fingerprint density at radius 2 is 2.17 bits per heavy atom. The molecule has 3 aliphatic carbocycles. The number of rotatable bonds is 3. The molecular weight excluding hydrogens is 472 g/mol. The summed E-state index contributed by atoms with van der Waals surface area (Å²) in [5, 5.41) is 25.3. The van der Waals surface area contributed by atoms with Gasteiger partial charge in [0.05, 0.1) is 22.4 Å². The predicted molar refractivity (Wildman–Crippen MR) is 141 cm³/mol. The van der Waals surface area contributed by atoms with E-state index in [2.05, 4.69) is 27.0 Å².